The molecule has 2 aliphatic rings. The molecule has 2 heterocycles. The summed E-state index contributed by atoms with van der Waals surface area (Å²) in [7, 11) is 0. The summed E-state index contributed by atoms with van der Waals surface area (Å²) in [6.07, 6.45) is 5.60. The standard InChI is InChI=1S/C17H26N2OS.ClH/c1-3-8-19(13-6-7-18-10-13)17(20)15-11-21-16-9-12(2)4-5-14(15)16;/h11-13,18H,3-10H2,1-2H3;1H. The summed E-state index contributed by atoms with van der Waals surface area (Å²) in [6.45, 7) is 7.35. The number of rotatable bonds is 4. The number of thiophene rings is 1. The fourth-order valence-electron chi connectivity index (χ4n) is 3.61. The average molecular weight is 343 g/mol. The Hall–Kier alpha value is -0.580. The maximum atomic E-state index is 13.0. The van der Waals surface area contributed by atoms with E-state index in [1.54, 1.807) is 11.3 Å². The highest BCUT2D eigenvalue weighted by atomic mass is 35.5. The molecule has 2 unspecified atom stereocenters. The summed E-state index contributed by atoms with van der Waals surface area (Å²) in [5.74, 6) is 1.04. The molecule has 1 saturated heterocycles. The van der Waals surface area contributed by atoms with E-state index in [-0.39, 0.29) is 18.3 Å². The number of nitrogens with zero attached hydrogens (tertiary/aromatic N) is 1. The third-order valence-electron chi connectivity index (χ3n) is 4.83. The molecule has 0 bridgehead atoms. The summed E-state index contributed by atoms with van der Waals surface area (Å²) in [5, 5.41) is 5.51. The average Bonchev–Trinajstić information content (AvgIpc) is 3.12. The summed E-state index contributed by atoms with van der Waals surface area (Å²) >= 11 is 1.80. The first-order valence-electron chi connectivity index (χ1n) is 8.31. The van der Waals surface area contributed by atoms with Crippen LogP contribution in [-0.2, 0) is 12.8 Å². The van der Waals surface area contributed by atoms with Crippen LogP contribution in [0.1, 0.15) is 53.9 Å². The van der Waals surface area contributed by atoms with E-state index < -0.39 is 0 Å². The van der Waals surface area contributed by atoms with Gasteiger partial charge in [-0.05, 0) is 50.1 Å². The Labute approximate surface area is 143 Å². The number of amides is 1. The third kappa shape index (κ3) is 3.50. The van der Waals surface area contributed by atoms with E-state index in [9.17, 15) is 4.79 Å². The van der Waals surface area contributed by atoms with Gasteiger partial charge in [0.1, 0.15) is 0 Å². The topological polar surface area (TPSA) is 32.3 Å². The normalized spacial score (nSPS) is 23.7. The van der Waals surface area contributed by atoms with Crippen LogP contribution in [0.2, 0.25) is 0 Å². The van der Waals surface area contributed by atoms with Crippen molar-refractivity contribution in [2.75, 3.05) is 19.6 Å². The molecule has 1 fully saturated rings. The minimum absolute atomic E-state index is 0. The van der Waals surface area contributed by atoms with Crippen LogP contribution in [0.4, 0.5) is 0 Å². The molecule has 0 aromatic carbocycles. The van der Waals surface area contributed by atoms with Crippen molar-refractivity contribution in [2.45, 2.75) is 52.0 Å². The number of carbonyl (C=O) groups excluding carboxylic acids is 1. The molecular weight excluding hydrogens is 316 g/mol. The first kappa shape index (κ1) is 17.8. The lowest BCUT2D eigenvalue weighted by Gasteiger charge is -2.29. The maximum Gasteiger partial charge on any atom is 0.255 e. The highest BCUT2D eigenvalue weighted by Gasteiger charge is 2.30. The van der Waals surface area contributed by atoms with Gasteiger partial charge in [-0.3, -0.25) is 4.79 Å². The molecular formula is C17H27ClN2OS. The molecule has 1 aliphatic heterocycles. The highest BCUT2D eigenvalue weighted by Crippen LogP contribution is 2.33. The van der Waals surface area contributed by atoms with E-state index in [0.717, 1.165) is 56.8 Å². The largest absolute Gasteiger partial charge is 0.334 e. The minimum atomic E-state index is 0. The zero-order valence-corrected chi connectivity index (χ0v) is 15.2. The van der Waals surface area contributed by atoms with Crippen LogP contribution in [0.25, 0.3) is 0 Å². The van der Waals surface area contributed by atoms with Crippen molar-refractivity contribution in [3.63, 3.8) is 0 Å². The molecule has 1 N–H and O–H groups in total. The number of hydrogen-bond acceptors (Lipinski definition) is 3. The van der Waals surface area contributed by atoms with E-state index >= 15 is 0 Å². The number of carbonyl (C=O) groups is 1. The second-order valence-corrected chi connectivity index (χ2v) is 7.51. The Morgan fingerprint density at radius 1 is 1.45 bits per heavy atom. The monoisotopic (exact) mass is 342 g/mol. The lowest BCUT2D eigenvalue weighted by Crippen LogP contribution is -2.42. The van der Waals surface area contributed by atoms with Gasteiger partial charge in [-0.25, -0.2) is 0 Å². The summed E-state index contributed by atoms with van der Waals surface area (Å²) in [4.78, 5) is 16.6. The van der Waals surface area contributed by atoms with Gasteiger partial charge in [-0.15, -0.1) is 23.7 Å². The Balaban J connectivity index is 0.00000176. The van der Waals surface area contributed by atoms with E-state index in [1.807, 2.05) is 0 Å². The molecule has 0 spiro atoms. The van der Waals surface area contributed by atoms with E-state index in [2.05, 4.69) is 29.4 Å². The predicted octanol–water partition coefficient (Wildman–Crippen LogP) is 3.51. The zero-order valence-electron chi connectivity index (χ0n) is 13.6. The Kier molecular flexibility index (Phi) is 6.30. The first-order chi connectivity index (χ1) is 10.2. The minimum Gasteiger partial charge on any atom is -0.334 e. The third-order valence-corrected chi connectivity index (χ3v) is 5.88. The molecule has 124 valence electrons. The number of hydrogen-bond donors (Lipinski definition) is 1. The van der Waals surface area contributed by atoms with Crippen LogP contribution in [-0.4, -0.2) is 36.5 Å². The molecule has 1 aliphatic carbocycles. The van der Waals surface area contributed by atoms with Gasteiger partial charge in [0, 0.05) is 29.4 Å². The smallest absolute Gasteiger partial charge is 0.255 e. The molecule has 5 heteroatoms. The van der Waals surface area contributed by atoms with Gasteiger partial charge in [0.2, 0.25) is 0 Å². The lowest BCUT2D eigenvalue weighted by atomic mass is 9.88. The van der Waals surface area contributed by atoms with Crippen molar-refractivity contribution in [3.05, 3.63) is 21.4 Å². The second-order valence-electron chi connectivity index (χ2n) is 6.54. The van der Waals surface area contributed by atoms with Gasteiger partial charge >= 0.3 is 0 Å². The van der Waals surface area contributed by atoms with Crippen molar-refractivity contribution >= 4 is 29.7 Å². The Morgan fingerprint density at radius 3 is 2.95 bits per heavy atom. The molecule has 0 radical (unpaired) electrons. The predicted molar refractivity (Wildman–Crippen MR) is 95.4 cm³/mol. The molecule has 22 heavy (non-hydrogen) atoms. The number of nitrogens with one attached hydrogen (secondary N) is 1. The van der Waals surface area contributed by atoms with Gasteiger partial charge in [0.05, 0.1) is 5.56 Å². The van der Waals surface area contributed by atoms with Crippen LogP contribution in [0.3, 0.4) is 0 Å². The van der Waals surface area contributed by atoms with Crippen LogP contribution in [0, 0.1) is 5.92 Å². The van der Waals surface area contributed by atoms with Crippen LogP contribution in [0.15, 0.2) is 5.38 Å². The van der Waals surface area contributed by atoms with Crippen molar-refractivity contribution < 1.29 is 4.79 Å². The summed E-state index contributed by atoms with van der Waals surface area (Å²) < 4.78 is 0. The van der Waals surface area contributed by atoms with Crippen LogP contribution in [0.5, 0.6) is 0 Å². The van der Waals surface area contributed by atoms with Gasteiger partial charge in [0.15, 0.2) is 0 Å². The van der Waals surface area contributed by atoms with Crippen molar-refractivity contribution in [1.29, 1.82) is 0 Å². The quantitative estimate of drug-likeness (QED) is 0.908. The van der Waals surface area contributed by atoms with Gasteiger partial charge in [0.25, 0.3) is 5.91 Å². The molecule has 1 aromatic heterocycles. The lowest BCUT2D eigenvalue weighted by molar-refractivity contribution is 0.0691. The van der Waals surface area contributed by atoms with E-state index in [0.29, 0.717) is 6.04 Å². The van der Waals surface area contributed by atoms with E-state index in [4.69, 9.17) is 0 Å². The fraction of sp³-hybridized carbons (Fsp3) is 0.706. The number of halogens is 1. The fourth-order valence-corrected chi connectivity index (χ4v) is 4.85. The zero-order chi connectivity index (χ0) is 14.8. The Morgan fingerprint density at radius 2 is 2.27 bits per heavy atom. The molecule has 1 aromatic rings. The SMILES string of the molecule is CCCN(C(=O)c1csc2c1CCC(C)C2)C1CCNC1.Cl. The van der Waals surface area contributed by atoms with Crippen molar-refractivity contribution in [3.8, 4) is 0 Å². The van der Waals surface area contributed by atoms with Gasteiger partial charge in [-0.2, -0.15) is 0 Å². The Bertz CT molecular complexity index is 511. The summed E-state index contributed by atoms with van der Waals surface area (Å²) in [5.41, 5.74) is 2.36. The molecule has 2 atom stereocenters. The second kappa shape index (κ2) is 7.80. The van der Waals surface area contributed by atoms with Crippen molar-refractivity contribution in [2.24, 2.45) is 5.92 Å². The number of fused-ring (bicyclic) bond motifs is 1. The van der Waals surface area contributed by atoms with Gasteiger partial charge in [-0.1, -0.05) is 13.8 Å². The summed E-state index contributed by atoms with van der Waals surface area (Å²) in [6, 6.07) is 0.385. The van der Waals surface area contributed by atoms with Crippen LogP contribution >= 0.6 is 23.7 Å². The molecule has 0 saturated carbocycles. The molecule has 3 rings (SSSR count). The molecule has 1 amide bonds. The van der Waals surface area contributed by atoms with Crippen LogP contribution < -0.4 is 5.32 Å². The highest BCUT2D eigenvalue weighted by molar-refractivity contribution is 7.10. The first-order valence-corrected chi connectivity index (χ1v) is 9.19. The van der Waals surface area contributed by atoms with E-state index in [1.165, 1.54) is 16.9 Å². The maximum absolute atomic E-state index is 13.0. The van der Waals surface area contributed by atoms with Crippen molar-refractivity contribution in [1.82, 2.24) is 10.2 Å². The molecule has 3 nitrogen and oxygen atoms in total. The van der Waals surface area contributed by atoms with Gasteiger partial charge < -0.3 is 10.2 Å².